The minimum absolute atomic E-state index is 0. The number of aryl methyl sites for hydroxylation is 2. The van der Waals surface area contributed by atoms with E-state index >= 15 is 0 Å². The van der Waals surface area contributed by atoms with Gasteiger partial charge in [-0.1, -0.05) is 300 Å². The van der Waals surface area contributed by atoms with E-state index in [-0.39, 0.29) is 16.5 Å². The number of nitrogens with zero attached hydrogens (tertiary/aromatic N) is 2. The van der Waals surface area contributed by atoms with Crippen LogP contribution in [0, 0.1) is 0 Å². The summed E-state index contributed by atoms with van der Waals surface area (Å²) in [6.45, 7) is 9.24. The van der Waals surface area contributed by atoms with Gasteiger partial charge in [0.1, 0.15) is 0 Å². The molecule has 2 nitrogen and oxygen atoms in total. The first kappa shape index (κ1) is 65.8. The van der Waals surface area contributed by atoms with E-state index in [0.717, 1.165) is 49.9 Å². The van der Waals surface area contributed by atoms with Gasteiger partial charge in [-0.15, -0.1) is 0 Å². The third-order valence-corrected chi connectivity index (χ3v) is 14.6. The van der Waals surface area contributed by atoms with Crippen LogP contribution in [0.5, 0.6) is 0 Å². The molecule has 0 spiro atoms. The smallest absolute Gasteiger partial charge is 0.0665 e. The Balaban J connectivity index is 0.0000245. The number of para-hydroxylation sites is 2. The molecule has 0 bridgehead atoms. The molecule has 70 heavy (non-hydrogen) atoms. The van der Waals surface area contributed by atoms with E-state index in [4.69, 9.17) is 9.98 Å². The molecule has 402 valence electrons. The second-order valence-corrected chi connectivity index (χ2v) is 21.1. The van der Waals surface area contributed by atoms with Crippen molar-refractivity contribution in [2.24, 2.45) is 9.98 Å². The quantitative estimate of drug-likeness (QED) is 0.0273. The molecule has 0 aromatic heterocycles. The molecule has 0 fully saturated rings. The molecule has 0 unspecified atom stereocenters. The van der Waals surface area contributed by atoms with Crippen LogP contribution < -0.4 is 0 Å². The Kier molecular flexibility index (Phi) is 48.5. The minimum Gasteiger partial charge on any atom is -0.251 e. The average molecular weight is 1010 g/mol. The van der Waals surface area contributed by atoms with Crippen molar-refractivity contribution in [3.05, 3.63) is 84.0 Å². The molecule has 0 aliphatic rings. The predicted octanol–water partition coefficient (Wildman–Crippen LogP) is 23.6. The van der Waals surface area contributed by atoms with Crippen LogP contribution in [0.1, 0.15) is 315 Å². The molecule has 2 aromatic carbocycles. The van der Waals surface area contributed by atoms with Crippen LogP contribution in [-0.2, 0) is 29.3 Å². The van der Waals surface area contributed by atoms with Crippen molar-refractivity contribution in [3.63, 3.8) is 0 Å². The third-order valence-electron chi connectivity index (χ3n) is 14.6. The molecular formula is C67H114N2Ni. The van der Waals surface area contributed by atoms with E-state index in [1.807, 2.05) is 0 Å². The molecule has 0 N–H and O–H groups in total. The zero-order valence-corrected chi connectivity index (χ0v) is 47.9. The van der Waals surface area contributed by atoms with Crippen molar-refractivity contribution in [2.75, 3.05) is 0 Å². The monoisotopic (exact) mass is 1000 g/mol. The molecular weight excluding hydrogens is 891 g/mol. The van der Waals surface area contributed by atoms with Crippen molar-refractivity contribution in [1.29, 1.82) is 0 Å². The van der Waals surface area contributed by atoms with Gasteiger partial charge in [0.25, 0.3) is 0 Å². The number of hydrogen-bond acceptors (Lipinski definition) is 2. The summed E-state index contributed by atoms with van der Waals surface area (Å²) in [4.78, 5) is 11.2. The SMILES string of the molecule is CCCCCCCCCCCCCCCCC=CCCc1ccccc1N=C(CCCCC)C(CCCCCCCC)=Nc1ccccc1CCC=CCCCCCCCCCCCCCCCC.[Ni]. The van der Waals surface area contributed by atoms with Crippen LogP contribution in [-0.4, -0.2) is 11.4 Å². The maximum atomic E-state index is 5.60. The van der Waals surface area contributed by atoms with Crippen LogP contribution in [0.3, 0.4) is 0 Å². The van der Waals surface area contributed by atoms with E-state index < -0.39 is 0 Å². The summed E-state index contributed by atoms with van der Waals surface area (Å²) in [7, 11) is 0. The number of unbranched alkanes of at least 4 members (excludes halogenated alkanes) is 35. The summed E-state index contributed by atoms with van der Waals surface area (Å²) in [6, 6.07) is 17.9. The van der Waals surface area contributed by atoms with E-state index in [1.54, 1.807) is 0 Å². The largest absolute Gasteiger partial charge is 0.251 e. The second-order valence-electron chi connectivity index (χ2n) is 21.1. The van der Waals surface area contributed by atoms with E-state index in [0.29, 0.717) is 0 Å². The molecule has 0 saturated heterocycles. The number of hydrogen-bond donors (Lipinski definition) is 0. The Morgan fingerprint density at radius 2 is 0.543 bits per heavy atom. The summed E-state index contributed by atoms with van der Waals surface area (Å²) >= 11 is 0. The molecule has 3 heteroatoms. The summed E-state index contributed by atoms with van der Waals surface area (Å²) in [5.41, 5.74) is 7.49. The van der Waals surface area contributed by atoms with Gasteiger partial charge in [0, 0.05) is 16.5 Å². The first-order chi connectivity index (χ1) is 34.2. The summed E-state index contributed by atoms with van der Waals surface area (Å²) in [6.07, 6.45) is 69.6. The number of benzene rings is 2. The fraction of sp³-hybridized carbons (Fsp3) is 0.731. The molecule has 0 atom stereocenters. The van der Waals surface area contributed by atoms with Gasteiger partial charge in [0.05, 0.1) is 22.8 Å². The van der Waals surface area contributed by atoms with E-state index in [1.165, 1.54) is 273 Å². The Morgan fingerprint density at radius 1 is 0.300 bits per heavy atom. The molecule has 0 radical (unpaired) electrons. The van der Waals surface area contributed by atoms with Crippen molar-refractivity contribution in [3.8, 4) is 0 Å². The second kappa shape index (κ2) is 51.6. The fourth-order valence-corrected chi connectivity index (χ4v) is 9.96. The minimum atomic E-state index is 0. The van der Waals surface area contributed by atoms with Crippen molar-refractivity contribution >= 4 is 22.8 Å². The predicted molar refractivity (Wildman–Crippen MR) is 314 cm³/mol. The molecule has 2 rings (SSSR count). The Bertz CT molecular complexity index is 1530. The summed E-state index contributed by atoms with van der Waals surface area (Å²) < 4.78 is 0. The molecule has 0 amide bonds. The topological polar surface area (TPSA) is 24.7 Å². The van der Waals surface area contributed by atoms with Gasteiger partial charge >= 0.3 is 0 Å². The fourth-order valence-electron chi connectivity index (χ4n) is 9.96. The number of rotatable bonds is 50. The van der Waals surface area contributed by atoms with Crippen LogP contribution in [0.4, 0.5) is 11.4 Å². The summed E-state index contributed by atoms with van der Waals surface area (Å²) in [5.74, 6) is 0. The molecule has 0 heterocycles. The van der Waals surface area contributed by atoms with E-state index in [2.05, 4.69) is 101 Å². The first-order valence-electron chi connectivity index (χ1n) is 30.8. The normalized spacial score (nSPS) is 12.2. The molecule has 0 aliphatic carbocycles. The molecule has 0 aliphatic heterocycles. The average Bonchev–Trinajstić information content (AvgIpc) is 3.36. The van der Waals surface area contributed by atoms with Crippen LogP contribution in [0.15, 0.2) is 82.8 Å². The van der Waals surface area contributed by atoms with Gasteiger partial charge in [0.15, 0.2) is 0 Å². The molecule has 2 aromatic rings. The van der Waals surface area contributed by atoms with Gasteiger partial charge in [-0.05, 0) is 100 Å². The number of allylic oxidation sites excluding steroid dienone is 4. The Morgan fingerprint density at radius 3 is 0.871 bits per heavy atom. The van der Waals surface area contributed by atoms with Crippen molar-refractivity contribution < 1.29 is 16.5 Å². The first-order valence-corrected chi connectivity index (χ1v) is 30.8. The van der Waals surface area contributed by atoms with Crippen LogP contribution >= 0.6 is 0 Å². The van der Waals surface area contributed by atoms with Crippen LogP contribution in [0.25, 0.3) is 0 Å². The third kappa shape index (κ3) is 38.4. The van der Waals surface area contributed by atoms with Gasteiger partial charge in [-0.3, -0.25) is 9.98 Å². The van der Waals surface area contributed by atoms with Crippen molar-refractivity contribution in [2.45, 2.75) is 317 Å². The Hall–Kier alpha value is -2.25. The van der Waals surface area contributed by atoms with Gasteiger partial charge in [-0.25, -0.2) is 0 Å². The van der Waals surface area contributed by atoms with Gasteiger partial charge < -0.3 is 0 Å². The standard InChI is InChI=1S/C67H114N2.Ni/c1-5-9-13-16-19-21-23-25-27-29-31-33-35-37-39-41-43-47-54-62-56-50-52-58-64(62)68-66(60-46-12-8-4)67(61-49-45-18-15-11-7-3)69-65-59-53-51-57-63(65)55-48-44-42-40-38-36-34-32-30-28-26-24-22-20-17-14-10-6-2;/h41-44,50-53,56-59H,5-40,45-49,54-55,60-61H2,1-4H3;. The van der Waals surface area contributed by atoms with Gasteiger partial charge in [0.2, 0.25) is 0 Å². The number of aliphatic imine (C=N–C) groups is 2. The zero-order valence-electron chi connectivity index (χ0n) is 47.0. The van der Waals surface area contributed by atoms with E-state index in [9.17, 15) is 0 Å². The van der Waals surface area contributed by atoms with Crippen LogP contribution in [0.2, 0.25) is 0 Å². The maximum Gasteiger partial charge on any atom is 0.0665 e. The molecule has 0 saturated carbocycles. The summed E-state index contributed by atoms with van der Waals surface area (Å²) in [5, 5.41) is 0. The maximum absolute atomic E-state index is 5.60. The van der Waals surface area contributed by atoms with Crippen molar-refractivity contribution in [1.82, 2.24) is 0 Å². The zero-order chi connectivity index (χ0) is 49.2. The Labute approximate surface area is 447 Å². The van der Waals surface area contributed by atoms with Gasteiger partial charge in [-0.2, -0.15) is 0 Å².